The van der Waals surface area contributed by atoms with E-state index in [9.17, 15) is 14.7 Å². The predicted octanol–water partition coefficient (Wildman–Crippen LogP) is 3.67. The smallest absolute Gasteiger partial charge is 0.339 e. The van der Waals surface area contributed by atoms with Crippen LogP contribution < -0.4 is 5.73 Å². The molecule has 0 saturated heterocycles. The number of esters is 1. The maximum Gasteiger partial charge on any atom is 0.339 e. The lowest BCUT2D eigenvalue weighted by Gasteiger charge is -2.20. The molecule has 0 heterocycles. The highest BCUT2D eigenvalue weighted by Crippen LogP contribution is 2.38. The van der Waals surface area contributed by atoms with Crippen molar-refractivity contribution < 1.29 is 19.4 Å². The van der Waals surface area contributed by atoms with Gasteiger partial charge in [0.05, 0.1) is 16.8 Å². The van der Waals surface area contributed by atoms with Gasteiger partial charge in [-0.15, -0.1) is 0 Å². The fraction of sp³-hybridized carbons (Fsp3) is 0.238. The van der Waals surface area contributed by atoms with Gasteiger partial charge in [0.2, 0.25) is 0 Å². The molecular weight excluding hydrogens is 330 g/mol. The third kappa shape index (κ3) is 3.47. The molecule has 0 bridgehead atoms. The van der Waals surface area contributed by atoms with Crippen LogP contribution in [0.2, 0.25) is 0 Å². The number of anilines is 1. The van der Waals surface area contributed by atoms with Crippen molar-refractivity contribution in [1.82, 2.24) is 0 Å². The number of rotatable bonds is 7. The summed E-state index contributed by atoms with van der Waals surface area (Å²) in [5.41, 5.74) is 7.80. The molecule has 136 valence electrons. The molecule has 2 aromatic rings. The van der Waals surface area contributed by atoms with E-state index in [1.165, 1.54) is 6.08 Å². The van der Waals surface area contributed by atoms with Crippen LogP contribution in [0.4, 0.5) is 5.69 Å². The topological polar surface area (TPSA) is 89.6 Å². The quantitative estimate of drug-likeness (QED) is 0.261. The Morgan fingerprint density at radius 3 is 2.27 bits per heavy atom. The molecule has 0 aromatic heterocycles. The number of hydrogen-bond donors (Lipinski definition) is 2. The number of phenolic OH excluding ortho intramolecular Hbond substituents is 1. The Morgan fingerprint density at radius 1 is 1.12 bits per heavy atom. The van der Waals surface area contributed by atoms with E-state index in [1.807, 2.05) is 13.8 Å². The van der Waals surface area contributed by atoms with Crippen LogP contribution in [0.5, 0.6) is 5.75 Å². The summed E-state index contributed by atoms with van der Waals surface area (Å²) >= 11 is 0. The Morgan fingerprint density at radius 2 is 1.73 bits per heavy atom. The summed E-state index contributed by atoms with van der Waals surface area (Å²) in [6.45, 7) is 7.28. The molecule has 0 spiro atoms. The van der Waals surface area contributed by atoms with E-state index in [4.69, 9.17) is 10.5 Å². The number of phenols is 1. The van der Waals surface area contributed by atoms with Crippen LogP contribution in [0.25, 0.3) is 0 Å². The second-order valence-electron chi connectivity index (χ2n) is 5.76. The largest absolute Gasteiger partial charge is 0.505 e. The molecule has 0 aliphatic carbocycles. The van der Waals surface area contributed by atoms with Gasteiger partial charge in [0.1, 0.15) is 6.61 Å². The minimum Gasteiger partial charge on any atom is -0.505 e. The lowest BCUT2D eigenvalue weighted by atomic mass is 9.87. The average Bonchev–Trinajstić information content (AvgIpc) is 2.67. The first-order chi connectivity index (χ1) is 12.5. The van der Waals surface area contributed by atoms with Crippen LogP contribution in [0.1, 0.15) is 51.3 Å². The zero-order valence-electron chi connectivity index (χ0n) is 15.0. The van der Waals surface area contributed by atoms with E-state index in [2.05, 4.69) is 6.58 Å². The van der Waals surface area contributed by atoms with Gasteiger partial charge in [-0.1, -0.05) is 56.8 Å². The third-order valence-corrected chi connectivity index (χ3v) is 4.24. The predicted molar refractivity (Wildman–Crippen MR) is 102 cm³/mol. The second kappa shape index (κ2) is 8.34. The number of hydrogen-bond acceptors (Lipinski definition) is 5. The number of nitrogen functional groups attached to an aromatic ring is 1. The molecule has 0 aliphatic rings. The minimum atomic E-state index is -0.675. The molecule has 0 fully saturated rings. The summed E-state index contributed by atoms with van der Waals surface area (Å²) in [6, 6.07) is 8.45. The summed E-state index contributed by atoms with van der Waals surface area (Å²) in [5, 5.41) is 10.6. The monoisotopic (exact) mass is 353 g/mol. The van der Waals surface area contributed by atoms with E-state index >= 15 is 0 Å². The van der Waals surface area contributed by atoms with E-state index in [1.54, 1.807) is 30.3 Å². The number of ether oxygens (including phenoxy) is 1. The van der Waals surface area contributed by atoms with E-state index in [0.29, 0.717) is 29.5 Å². The second-order valence-corrected chi connectivity index (χ2v) is 5.76. The number of ketones is 1. The molecule has 26 heavy (non-hydrogen) atoms. The Balaban J connectivity index is 2.80. The molecule has 0 unspecified atom stereocenters. The molecule has 2 rings (SSSR count). The van der Waals surface area contributed by atoms with Crippen molar-refractivity contribution >= 4 is 17.4 Å². The molecule has 5 nitrogen and oxygen atoms in total. The van der Waals surface area contributed by atoms with Crippen LogP contribution in [-0.4, -0.2) is 23.5 Å². The zero-order valence-corrected chi connectivity index (χ0v) is 15.0. The van der Waals surface area contributed by atoms with Gasteiger partial charge in [0.25, 0.3) is 0 Å². The molecule has 2 aromatic carbocycles. The van der Waals surface area contributed by atoms with Crippen molar-refractivity contribution in [2.45, 2.75) is 26.7 Å². The first kappa shape index (κ1) is 19.2. The summed E-state index contributed by atoms with van der Waals surface area (Å²) in [5.74, 6) is -1.53. The molecule has 0 aliphatic heterocycles. The van der Waals surface area contributed by atoms with Crippen molar-refractivity contribution in [2.24, 2.45) is 0 Å². The van der Waals surface area contributed by atoms with Crippen LogP contribution in [-0.2, 0) is 17.6 Å². The Bertz CT molecular complexity index is 841. The van der Waals surface area contributed by atoms with Gasteiger partial charge < -0.3 is 15.6 Å². The SMILES string of the molecule is C=CCOC(=O)c1c(CC)c(CC)c(N)c(O)c1C(=O)c1ccccc1. The van der Waals surface area contributed by atoms with Gasteiger partial charge in [-0.2, -0.15) is 0 Å². The third-order valence-electron chi connectivity index (χ3n) is 4.24. The maximum atomic E-state index is 13.0. The minimum absolute atomic E-state index is 0.00749. The van der Waals surface area contributed by atoms with Crippen molar-refractivity contribution in [3.63, 3.8) is 0 Å². The van der Waals surface area contributed by atoms with Crippen LogP contribution in [0.15, 0.2) is 43.0 Å². The number of aromatic hydroxyl groups is 1. The fourth-order valence-electron chi connectivity index (χ4n) is 3.04. The first-order valence-electron chi connectivity index (χ1n) is 8.51. The average molecular weight is 353 g/mol. The Kier molecular flexibility index (Phi) is 6.17. The molecule has 5 heteroatoms. The van der Waals surface area contributed by atoms with E-state index < -0.39 is 11.8 Å². The molecule has 0 amide bonds. The van der Waals surface area contributed by atoms with Crippen molar-refractivity contribution in [3.05, 3.63) is 70.8 Å². The van der Waals surface area contributed by atoms with Crippen molar-refractivity contribution in [3.8, 4) is 5.75 Å². The highest BCUT2D eigenvalue weighted by molar-refractivity contribution is 6.17. The van der Waals surface area contributed by atoms with Gasteiger partial charge in [-0.3, -0.25) is 4.79 Å². The fourth-order valence-corrected chi connectivity index (χ4v) is 3.04. The van der Waals surface area contributed by atoms with E-state index in [0.717, 1.165) is 0 Å². The normalized spacial score (nSPS) is 10.4. The lowest BCUT2D eigenvalue weighted by molar-refractivity contribution is 0.0545. The Labute approximate surface area is 153 Å². The Hall–Kier alpha value is -3.08. The highest BCUT2D eigenvalue weighted by atomic mass is 16.5. The molecule has 0 atom stereocenters. The van der Waals surface area contributed by atoms with Gasteiger partial charge in [-0.05, 0) is 24.0 Å². The summed E-state index contributed by atoms with van der Waals surface area (Å²) < 4.78 is 5.18. The van der Waals surface area contributed by atoms with E-state index in [-0.39, 0.29) is 29.2 Å². The molecule has 0 radical (unpaired) electrons. The number of benzene rings is 2. The standard InChI is InChI=1S/C21H23NO4/c1-4-12-26-21(25)16-14(5-2)15(6-3)18(22)20(24)17(16)19(23)13-10-8-7-9-11-13/h4,7-11,24H,1,5-6,12,22H2,2-3H3. The molecule has 0 saturated carbocycles. The van der Waals surface area contributed by atoms with Gasteiger partial charge >= 0.3 is 5.97 Å². The van der Waals surface area contributed by atoms with Crippen LogP contribution in [0.3, 0.4) is 0 Å². The maximum absolute atomic E-state index is 13.0. The highest BCUT2D eigenvalue weighted by Gasteiger charge is 2.30. The molecule has 3 N–H and O–H groups in total. The zero-order chi connectivity index (χ0) is 19.3. The lowest BCUT2D eigenvalue weighted by Crippen LogP contribution is -2.19. The van der Waals surface area contributed by atoms with Gasteiger partial charge in [-0.25, -0.2) is 4.79 Å². The number of carbonyl (C=O) groups is 2. The van der Waals surface area contributed by atoms with Crippen molar-refractivity contribution in [2.75, 3.05) is 12.3 Å². The first-order valence-corrected chi connectivity index (χ1v) is 8.51. The number of nitrogens with two attached hydrogens (primary N) is 1. The van der Waals surface area contributed by atoms with Gasteiger partial charge in [0, 0.05) is 5.56 Å². The van der Waals surface area contributed by atoms with Gasteiger partial charge in [0.15, 0.2) is 11.5 Å². The summed E-state index contributed by atoms with van der Waals surface area (Å²) in [4.78, 5) is 25.7. The summed E-state index contributed by atoms with van der Waals surface area (Å²) in [7, 11) is 0. The van der Waals surface area contributed by atoms with Crippen molar-refractivity contribution in [1.29, 1.82) is 0 Å². The number of carbonyl (C=O) groups excluding carboxylic acids is 2. The summed E-state index contributed by atoms with van der Waals surface area (Å²) in [6.07, 6.45) is 2.44. The molecular formula is C21H23NO4. The van der Waals surface area contributed by atoms with Crippen LogP contribution in [0, 0.1) is 0 Å². The van der Waals surface area contributed by atoms with Crippen LogP contribution >= 0.6 is 0 Å².